The lowest BCUT2D eigenvalue weighted by molar-refractivity contribution is 0.305. The smallest absolute Gasteiger partial charge is 0.132 e. The average molecular weight is 266 g/mol. The van der Waals surface area contributed by atoms with Gasteiger partial charge in [0.25, 0.3) is 0 Å². The van der Waals surface area contributed by atoms with Crippen LogP contribution in [0.4, 0.5) is 0 Å². The Morgan fingerprint density at radius 2 is 1.80 bits per heavy atom. The van der Waals surface area contributed by atoms with Gasteiger partial charge in [-0.15, -0.1) is 0 Å². The molecule has 0 atom stereocenters. The molecule has 0 aromatic heterocycles. The second kappa shape index (κ2) is 6.24. The fourth-order valence-corrected chi connectivity index (χ4v) is 2.24. The van der Waals surface area contributed by atoms with E-state index in [-0.39, 0.29) is 0 Å². The highest BCUT2D eigenvalue weighted by atomic mass is 16.5. The van der Waals surface area contributed by atoms with E-state index in [1.165, 1.54) is 5.56 Å². The second-order valence-electron chi connectivity index (χ2n) is 4.78. The summed E-state index contributed by atoms with van der Waals surface area (Å²) in [6, 6.07) is 18.3. The van der Waals surface area contributed by atoms with Gasteiger partial charge in [0.05, 0.1) is 5.56 Å². The Morgan fingerprint density at radius 1 is 1.00 bits per heavy atom. The van der Waals surface area contributed by atoms with E-state index in [0.29, 0.717) is 6.61 Å². The van der Waals surface area contributed by atoms with Gasteiger partial charge in [0.1, 0.15) is 18.2 Å². The van der Waals surface area contributed by atoms with E-state index in [0.717, 1.165) is 36.7 Å². The largest absolute Gasteiger partial charge is 0.488 e. The summed E-state index contributed by atoms with van der Waals surface area (Å²) in [7, 11) is 0. The normalized spacial score (nSPS) is 14.3. The van der Waals surface area contributed by atoms with Crippen LogP contribution in [0, 0.1) is 0 Å². The van der Waals surface area contributed by atoms with Crippen molar-refractivity contribution in [2.24, 2.45) is 4.99 Å². The lowest BCUT2D eigenvalue weighted by atomic mass is 10.1. The highest BCUT2D eigenvalue weighted by Crippen LogP contribution is 2.20. The fraction of sp³-hybridized carbons (Fsp3) is 0.235. The van der Waals surface area contributed by atoms with Crippen molar-refractivity contribution in [2.75, 3.05) is 13.1 Å². The standard InChI is InChI=1S/C17H18N2O/c1-2-7-14(8-3-1)13-20-16-10-5-4-9-15(16)17-18-11-6-12-19-17/h1-5,7-10H,6,11-13H2,(H,18,19). The minimum Gasteiger partial charge on any atom is -0.488 e. The predicted octanol–water partition coefficient (Wildman–Crippen LogP) is 3.01. The number of para-hydroxylation sites is 1. The average Bonchev–Trinajstić information content (AvgIpc) is 2.55. The molecule has 0 saturated heterocycles. The van der Waals surface area contributed by atoms with Crippen LogP contribution in [0.15, 0.2) is 59.6 Å². The number of ether oxygens (including phenoxy) is 1. The van der Waals surface area contributed by atoms with E-state index in [4.69, 9.17) is 4.74 Å². The van der Waals surface area contributed by atoms with Crippen LogP contribution in [0.1, 0.15) is 17.5 Å². The van der Waals surface area contributed by atoms with Gasteiger partial charge in [-0.3, -0.25) is 4.99 Å². The Morgan fingerprint density at radius 3 is 2.60 bits per heavy atom. The zero-order valence-corrected chi connectivity index (χ0v) is 11.4. The van der Waals surface area contributed by atoms with Gasteiger partial charge in [-0.2, -0.15) is 0 Å². The molecule has 0 fully saturated rings. The molecule has 0 unspecified atom stereocenters. The molecule has 1 N–H and O–H groups in total. The Kier molecular flexibility index (Phi) is 3.97. The van der Waals surface area contributed by atoms with Gasteiger partial charge < -0.3 is 10.1 Å². The molecule has 1 aliphatic rings. The number of rotatable bonds is 4. The van der Waals surface area contributed by atoms with Crippen LogP contribution in [-0.4, -0.2) is 18.9 Å². The summed E-state index contributed by atoms with van der Waals surface area (Å²) in [5.41, 5.74) is 2.21. The molecule has 0 spiro atoms. The molecule has 102 valence electrons. The fourth-order valence-electron chi connectivity index (χ4n) is 2.24. The van der Waals surface area contributed by atoms with Crippen molar-refractivity contribution in [3.05, 3.63) is 65.7 Å². The molecule has 3 rings (SSSR count). The van der Waals surface area contributed by atoms with Crippen LogP contribution in [0.5, 0.6) is 5.75 Å². The van der Waals surface area contributed by atoms with Crippen LogP contribution in [0.3, 0.4) is 0 Å². The van der Waals surface area contributed by atoms with E-state index in [1.54, 1.807) is 0 Å². The summed E-state index contributed by atoms with van der Waals surface area (Å²) in [5.74, 6) is 1.82. The minimum atomic E-state index is 0.575. The molecular formula is C17H18N2O. The molecule has 1 heterocycles. The van der Waals surface area contributed by atoms with Crippen LogP contribution in [-0.2, 0) is 6.61 Å². The highest BCUT2D eigenvalue weighted by Gasteiger charge is 2.12. The molecule has 0 aliphatic carbocycles. The molecule has 1 aliphatic heterocycles. The first-order chi connectivity index (χ1) is 9.93. The first-order valence-electron chi connectivity index (χ1n) is 6.98. The van der Waals surface area contributed by atoms with Crippen LogP contribution >= 0.6 is 0 Å². The van der Waals surface area contributed by atoms with E-state index in [2.05, 4.69) is 28.5 Å². The summed E-state index contributed by atoms with van der Waals surface area (Å²) in [5, 5.41) is 3.34. The first-order valence-corrected chi connectivity index (χ1v) is 6.98. The second-order valence-corrected chi connectivity index (χ2v) is 4.78. The maximum absolute atomic E-state index is 5.96. The Labute approximate surface area is 119 Å². The van der Waals surface area contributed by atoms with Gasteiger partial charge in [0, 0.05) is 13.1 Å². The van der Waals surface area contributed by atoms with Crippen molar-refractivity contribution in [1.29, 1.82) is 0 Å². The number of benzene rings is 2. The van der Waals surface area contributed by atoms with Crippen molar-refractivity contribution in [1.82, 2.24) is 5.32 Å². The quantitative estimate of drug-likeness (QED) is 0.923. The van der Waals surface area contributed by atoms with Crippen molar-refractivity contribution in [2.45, 2.75) is 13.0 Å². The molecule has 0 amide bonds. The molecule has 20 heavy (non-hydrogen) atoms. The summed E-state index contributed by atoms with van der Waals surface area (Å²) in [6.45, 7) is 2.44. The number of nitrogens with zero attached hydrogens (tertiary/aromatic N) is 1. The first kappa shape index (κ1) is 12.7. The summed E-state index contributed by atoms with van der Waals surface area (Å²) in [4.78, 5) is 4.54. The van der Waals surface area contributed by atoms with E-state index in [1.807, 2.05) is 36.4 Å². The van der Waals surface area contributed by atoms with Gasteiger partial charge in [0.15, 0.2) is 0 Å². The van der Waals surface area contributed by atoms with E-state index >= 15 is 0 Å². The van der Waals surface area contributed by atoms with Crippen LogP contribution in [0.25, 0.3) is 0 Å². The third-order valence-electron chi connectivity index (χ3n) is 3.28. The number of amidine groups is 1. The number of hydrogen-bond donors (Lipinski definition) is 1. The Balaban J connectivity index is 1.78. The minimum absolute atomic E-state index is 0.575. The van der Waals surface area contributed by atoms with E-state index < -0.39 is 0 Å². The molecule has 0 saturated carbocycles. The zero-order valence-electron chi connectivity index (χ0n) is 11.4. The third-order valence-corrected chi connectivity index (χ3v) is 3.28. The number of hydrogen-bond acceptors (Lipinski definition) is 3. The van der Waals surface area contributed by atoms with Gasteiger partial charge in [-0.25, -0.2) is 0 Å². The summed E-state index contributed by atoms with van der Waals surface area (Å²) in [6.07, 6.45) is 1.09. The predicted molar refractivity (Wildman–Crippen MR) is 81.2 cm³/mol. The SMILES string of the molecule is c1ccc(COc2ccccc2C2=NCCCN2)cc1. The molecule has 3 heteroatoms. The number of nitrogens with one attached hydrogen (secondary N) is 1. The van der Waals surface area contributed by atoms with Gasteiger partial charge in [-0.05, 0) is 24.1 Å². The van der Waals surface area contributed by atoms with Gasteiger partial charge in [-0.1, -0.05) is 42.5 Å². The lowest BCUT2D eigenvalue weighted by Gasteiger charge is -2.17. The van der Waals surface area contributed by atoms with Crippen molar-refractivity contribution in [3.8, 4) is 5.75 Å². The van der Waals surface area contributed by atoms with Crippen LogP contribution in [0.2, 0.25) is 0 Å². The molecule has 3 nitrogen and oxygen atoms in total. The third kappa shape index (κ3) is 2.99. The Hall–Kier alpha value is -2.29. The Bertz CT molecular complexity index is 593. The molecule has 0 radical (unpaired) electrons. The van der Waals surface area contributed by atoms with Crippen molar-refractivity contribution >= 4 is 5.84 Å². The zero-order chi connectivity index (χ0) is 13.6. The monoisotopic (exact) mass is 266 g/mol. The van der Waals surface area contributed by atoms with Crippen molar-refractivity contribution in [3.63, 3.8) is 0 Å². The molecule has 2 aromatic carbocycles. The van der Waals surface area contributed by atoms with Crippen LogP contribution < -0.4 is 10.1 Å². The highest BCUT2D eigenvalue weighted by molar-refractivity contribution is 6.01. The molecular weight excluding hydrogens is 248 g/mol. The maximum atomic E-state index is 5.96. The molecule has 0 bridgehead atoms. The molecule has 2 aromatic rings. The van der Waals surface area contributed by atoms with Gasteiger partial charge >= 0.3 is 0 Å². The van der Waals surface area contributed by atoms with Crippen molar-refractivity contribution < 1.29 is 4.74 Å². The lowest BCUT2D eigenvalue weighted by Crippen LogP contribution is -2.30. The number of aliphatic imine (C=N–C) groups is 1. The summed E-state index contributed by atoms with van der Waals surface area (Å²) >= 11 is 0. The summed E-state index contributed by atoms with van der Waals surface area (Å²) < 4.78 is 5.96. The van der Waals surface area contributed by atoms with E-state index in [9.17, 15) is 0 Å². The maximum Gasteiger partial charge on any atom is 0.132 e. The van der Waals surface area contributed by atoms with Gasteiger partial charge in [0.2, 0.25) is 0 Å². The topological polar surface area (TPSA) is 33.6 Å².